The van der Waals surface area contributed by atoms with Crippen molar-refractivity contribution >= 4 is 15.9 Å². The van der Waals surface area contributed by atoms with Gasteiger partial charge < -0.3 is 14.6 Å². The third kappa shape index (κ3) is 4.35. The normalized spacial score (nSPS) is 12.3. The Balaban J connectivity index is 1.82. The molecule has 0 amide bonds. The lowest BCUT2D eigenvalue weighted by Gasteiger charge is -2.14. The first-order chi connectivity index (χ1) is 9.69. The molecular formula is C15H20BrN3O. The first-order valence-electron chi connectivity index (χ1n) is 6.68. The van der Waals surface area contributed by atoms with E-state index in [9.17, 15) is 0 Å². The molecule has 5 heteroatoms. The van der Waals surface area contributed by atoms with E-state index in [1.54, 1.807) is 7.11 Å². The topological polar surface area (TPSA) is 39.1 Å². The third-order valence-electron chi connectivity index (χ3n) is 3.13. The number of nitrogens with one attached hydrogen (secondary N) is 1. The summed E-state index contributed by atoms with van der Waals surface area (Å²) in [5, 5.41) is 3.48. The van der Waals surface area contributed by atoms with Gasteiger partial charge in [0.2, 0.25) is 0 Å². The Morgan fingerprint density at radius 1 is 1.45 bits per heavy atom. The van der Waals surface area contributed by atoms with E-state index >= 15 is 0 Å². The number of aromatic nitrogens is 2. The zero-order chi connectivity index (χ0) is 14.4. The van der Waals surface area contributed by atoms with Gasteiger partial charge in [-0.1, -0.05) is 22.9 Å². The molecule has 0 aliphatic carbocycles. The van der Waals surface area contributed by atoms with Crippen LogP contribution in [-0.4, -0.2) is 23.2 Å². The van der Waals surface area contributed by atoms with Gasteiger partial charge in [0.1, 0.15) is 5.75 Å². The fourth-order valence-electron chi connectivity index (χ4n) is 2.16. The molecular weight excluding hydrogens is 318 g/mol. The van der Waals surface area contributed by atoms with E-state index in [4.69, 9.17) is 4.74 Å². The van der Waals surface area contributed by atoms with Crippen molar-refractivity contribution in [2.75, 3.05) is 13.7 Å². The van der Waals surface area contributed by atoms with Gasteiger partial charge in [-0.15, -0.1) is 0 Å². The summed E-state index contributed by atoms with van der Waals surface area (Å²) in [5.74, 6) is 1.46. The molecule has 1 aromatic carbocycles. The van der Waals surface area contributed by atoms with Gasteiger partial charge >= 0.3 is 0 Å². The van der Waals surface area contributed by atoms with Crippen molar-refractivity contribution in [1.82, 2.24) is 14.9 Å². The number of imidazole rings is 1. The lowest BCUT2D eigenvalue weighted by atomic mass is 10.1. The number of methoxy groups -OCH3 is 1. The second kappa shape index (κ2) is 7.45. The first-order valence-corrected chi connectivity index (χ1v) is 7.47. The van der Waals surface area contributed by atoms with Crippen molar-refractivity contribution in [1.29, 1.82) is 0 Å². The molecule has 0 spiro atoms. The van der Waals surface area contributed by atoms with E-state index in [0.717, 1.165) is 35.4 Å². The predicted molar refractivity (Wildman–Crippen MR) is 83.8 cm³/mol. The number of ether oxygens (including phenoxy) is 1. The molecule has 0 bridgehead atoms. The zero-order valence-electron chi connectivity index (χ0n) is 11.8. The van der Waals surface area contributed by atoms with E-state index < -0.39 is 0 Å². The molecule has 4 nitrogen and oxygen atoms in total. The number of rotatable bonds is 7. The Morgan fingerprint density at radius 2 is 2.30 bits per heavy atom. The lowest BCUT2D eigenvalue weighted by molar-refractivity contribution is 0.403. The fourth-order valence-corrected chi connectivity index (χ4v) is 2.57. The molecule has 0 saturated carbocycles. The molecule has 1 atom stereocenters. The number of hydrogen-bond donors (Lipinski definition) is 1. The number of nitrogens with zero attached hydrogens (tertiary/aromatic N) is 2. The number of hydrogen-bond acceptors (Lipinski definition) is 3. The Kier molecular flexibility index (Phi) is 5.61. The van der Waals surface area contributed by atoms with Crippen LogP contribution in [0.3, 0.4) is 0 Å². The summed E-state index contributed by atoms with van der Waals surface area (Å²) in [4.78, 5) is 4.06. The molecule has 1 heterocycles. The van der Waals surface area contributed by atoms with E-state index in [2.05, 4.69) is 43.8 Å². The Bertz CT molecular complexity index is 528. The summed E-state index contributed by atoms with van der Waals surface area (Å²) in [5.41, 5.74) is 1.16. The predicted octanol–water partition coefficient (Wildman–Crippen LogP) is 3.08. The summed E-state index contributed by atoms with van der Waals surface area (Å²) in [6.07, 6.45) is 5.66. The van der Waals surface area contributed by atoms with Crippen LogP contribution in [0.15, 0.2) is 41.4 Å². The largest absolute Gasteiger partial charge is 0.496 e. The maximum atomic E-state index is 5.37. The summed E-state index contributed by atoms with van der Waals surface area (Å²) in [7, 11) is 1.70. The highest BCUT2D eigenvalue weighted by atomic mass is 79.9. The summed E-state index contributed by atoms with van der Waals surface area (Å²) >= 11 is 3.49. The van der Waals surface area contributed by atoms with Crippen LogP contribution in [0.4, 0.5) is 0 Å². The summed E-state index contributed by atoms with van der Waals surface area (Å²) in [6, 6.07) is 6.06. The van der Waals surface area contributed by atoms with Gasteiger partial charge in [0.25, 0.3) is 0 Å². The van der Waals surface area contributed by atoms with Crippen molar-refractivity contribution in [2.24, 2.45) is 5.92 Å². The smallest absolute Gasteiger partial charge is 0.123 e. The molecule has 1 unspecified atom stereocenters. The van der Waals surface area contributed by atoms with Gasteiger partial charge in [-0.25, -0.2) is 4.98 Å². The highest BCUT2D eigenvalue weighted by Gasteiger charge is 2.06. The molecule has 1 aromatic heterocycles. The fraction of sp³-hybridized carbons (Fsp3) is 0.400. The van der Waals surface area contributed by atoms with Gasteiger partial charge in [0, 0.05) is 35.5 Å². The first kappa shape index (κ1) is 15.1. The third-order valence-corrected chi connectivity index (χ3v) is 3.63. The van der Waals surface area contributed by atoms with Gasteiger partial charge in [-0.3, -0.25) is 0 Å². The lowest BCUT2D eigenvalue weighted by Crippen LogP contribution is -2.23. The Morgan fingerprint density at radius 3 is 3.00 bits per heavy atom. The van der Waals surface area contributed by atoms with Crippen molar-refractivity contribution in [3.63, 3.8) is 0 Å². The van der Waals surface area contributed by atoms with Gasteiger partial charge in [0.15, 0.2) is 0 Å². The average Bonchev–Trinajstić information content (AvgIpc) is 2.92. The minimum absolute atomic E-state index is 0.544. The van der Waals surface area contributed by atoms with E-state index in [1.807, 2.05) is 30.9 Å². The molecule has 0 radical (unpaired) electrons. The second-order valence-electron chi connectivity index (χ2n) is 4.95. The molecule has 108 valence electrons. The second-order valence-corrected chi connectivity index (χ2v) is 5.87. The Labute approximate surface area is 128 Å². The van der Waals surface area contributed by atoms with Gasteiger partial charge in [-0.2, -0.15) is 0 Å². The number of halogens is 1. The maximum Gasteiger partial charge on any atom is 0.123 e. The van der Waals surface area contributed by atoms with Crippen LogP contribution in [0.1, 0.15) is 12.5 Å². The quantitative estimate of drug-likeness (QED) is 0.843. The molecule has 0 aliphatic rings. The monoisotopic (exact) mass is 337 g/mol. The van der Waals surface area contributed by atoms with Crippen molar-refractivity contribution in [3.05, 3.63) is 47.0 Å². The van der Waals surface area contributed by atoms with Crippen LogP contribution >= 0.6 is 15.9 Å². The molecule has 0 saturated heterocycles. The highest BCUT2D eigenvalue weighted by molar-refractivity contribution is 9.10. The maximum absolute atomic E-state index is 5.37. The van der Waals surface area contributed by atoms with E-state index in [1.165, 1.54) is 0 Å². The summed E-state index contributed by atoms with van der Waals surface area (Å²) in [6.45, 7) is 4.96. The van der Waals surface area contributed by atoms with Crippen LogP contribution in [0.25, 0.3) is 0 Å². The minimum Gasteiger partial charge on any atom is -0.496 e. The molecule has 1 N–H and O–H groups in total. The zero-order valence-corrected chi connectivity index (χ0v) is 13.4. The van der Waals surface area contributed by atoms with Crippen LogP contribution in [-0.2, 0) is 13.1 Å². The van der Waals surface area contributed by atoms with Crippen molar-refractivity contribution in [3.8, 4) is 5.75 Å². The van der Waals surface area contributed by atoms with Crippen LogP contribution < -0.4 is 10.1 Å². The standard InChI is InChI=1S/C15H20BrN3O/c1-12(10-19-6-5-17-11-19)8-18-9-13-7-14(16)3-4-15(13)20-2/h3-7,11-12,18H,8-10H2,1-2H3. The van der Waals surface area contributed by atoms with Crippen LogP contribution in [0, 0.1) is 5.92 Å². The van der Waals surface area contributed by atoms with Crippen LogP contribution in [0.5, 0.6) is 5.75 Å². The average molecular weight is 338 g/mol. The Hall–Kier alpha value is -1.33. The van der Waals surface area contributed by atoms with E-state index in [0.29, 0.717) is 5.92 Å². The van der Waals surface area contributed by atoms with Crippen molar-refractivity contribution in [2.45, 2.75) is 20.0 Å². The molecule has 0 aliphatic heterocycles. The summed E-state index contributed by atoms with van der Waals surface area (Å²) < 4.78 is 8.54. The molecule has 0 fully saturated rings. The molecule has 20 heavy (non-hydrogen) atoms. The number of benzene rings is 1. The minimum atomic E-state index is 0.544. The molecule has 2 aromatic rings. The SMILES string of the molecule is COc1ccc(Br)cc1CNCC(C)Cn1ccnc1. The van der Waals surface area contributed by atoms with Gasteiger partial charge in [0.05, 0.1) is 13.4 Å². The van der Waals surface area contributed by atoms with Gasteiger partial charge in [-0.05, 0) is 30.7 Å². The van der Waals surface area contributed by atoms with Crippen molar-refractivity contribution < 1.29 is 4.74 Å². The van der Waals surface area contributed by atoms with E-state index in [-0.39, 0.29) is 0 Å². The highest BCUT2D eigenvalue weighted by Crippen LogP contribution is 2.22. The van der Waals surface area contributed by atoms with Crippen LogP contribution in [0.2, 0.25) is 0 Å². The molecule has 2 rings (SSSR count).